The second-order valence-electron chi connectivity index (χ2n) is 6.42. The average molecular weight is 390 g/mol. The minimum absolute atomic E-state index is 0.159. The van der Waals surface area contributed by atoms with Gasteiger partial charge in [0, 0.05) is 16.2 Å². The molecular weight excluding hydrogens is 372 g/mol. The van der Waals surface area contributed by atoms with Crippen molar-refractivity contribution in [1.29, 1.82) is 0 Å². The van der Waals surface area contributed by atoms with Gasteiger partial charge >= 0.3 is 0 Å². The van der Waals surface area contributed by atoms with Crippen molar-refractivity contribution in [2.75, 3.05) is 5.43 Å². The molecule has 28 heavy (non-hydrogen) atoms. The monoisotopic (exact) mass is 390 g/mol. The number of benzene rings is 2. The first-order valence-electron chi connectivity index (χ1n) is 8.69. The van der Waals surface area contributed by atoms with Gasteiger partial charge in [-0.1, -0.05) is 35.9 Å². The lowest BCUT2D eigenvalue weighted by atomic mass is 10.1. The molecule has 0 bridgehead atoms. The van der Waals surface area contributed by atoms with Gasteiger partial charge in [-0.05, 0) is 32.0 Å². The van der Waals surface area contributed by atoms with E-state index in [9.17, 15) is 9.90 Å². The summed E-state index contributed by atoms with van der Waals surface area (Å²) in [5.41, 5.74) is 5.61. The number of rotatable bonds is 4. The maximum absolute atomic E-state index is 13.0. The number of fused-ring (bicyclic) bond motifs is 1. The number of aromatic hydroxyl groups is 1. The van der Waals surface area contributed by atoms with Crippen LogP contribution in [-0.4, -0.2) is 20.9 Å². The zero-order valence-corrected chi connectivity index (χ0v) is 16.2. The number of thiazole rings is 1. The molecular formula is C21H18N4O2S. The van der Waals surface area contributed by atoms with E-state index in [2.05, 4.69) is 15.5 Å². The van der Waals surface area contributed by atoms with Gasteiger partial charge in [0.25, 0.3) is 5.56 Å². The predicted octanol–water partition coefficient (Wildman–Crippen LogP) is 4.22. The molecule has 2 N–H and O–H groups in total. The van der Waals surface area contributed by atoms with Crippen LogP contribution in [-0.2, 0) is 0 Å². The van der Waals surface area contributed by atoms with Crippen LogP contribution in [0.3, 0.4) is 0 Å². The lowest BCUT2D eigenvalue weighted by Gasteiger charge is -2.13. The van der Waals surface area contributed by atoms with Gasteiger partial charge in [-0.3, -0.25) is 10.2 Å². The standard InChI is InChI=1S/C21H18N4O2S/c1-13-7-9-15(10-8-13)25-19(26)17-6-4-3-5-16(17)18(20(25)27)11-22-24-21-23-14(2)12-28-21/h3-12,27H,1-2H3,(H,23,24)/b22-11+. The molecule has 7 heteroatoms. The maximum atomic E-state index is 13.0. The molecule has 0 saturated heterocycles. The Morgan fingerprint density at radius 1 is 1.11 bits per heavy atom. The number of aromatic nitrogens is 2. The molecule has 0 aliphatic rings. The molecule has 140 valence electrons. The Hall–Kier alpha value is -3.45. The lowest BCUT2D eigenvalue weighted by Crippen LogP contribution is -2.20. The van der Waals surface area contributed by atoms with Crippen molar-refractivity contribution in [3.8, 4) is 11.6 Å². The van der Waals surface area contributed by atoms with Crippen LogP contribution in [0.2, 0.25) is 0 Å². The van der Waals surface area contributed by atoms with Crippen LogP contribution < -0.4 is 11.0 Å². The highest BCUT2D eigenvalue weighted by atomic mass is 32.1. The van der Waals surface area contributed by atoms with Crippen molar-refractivity contribution in [2.45, 2.75) is 13.8 Å². The normalized spacial score (nSPS) is 11.4. The van der Waals surface area contributed by atoms with E-state index >= 15 is 0 Å². The Bertz CT molecular complexity index is 1240. The number of hydrazone groups is 1. The number of hydrogen-bond acceptors (Lipinski definition) is 6. The first kappa shape index (κ1) is 17.9. The second kappa shape index (κ2) is 7.28. The second-order valence-corrected chi connectivity index (χ2v) is 7.28. The molecule has 0 spiro atoms. The summed E-state index contributed by atoms with van der Waals surface area (Å²) in [6.45, 7) is 3.87. The Kier molecular flexibility index (Phi) is 4.67. The van der Waals surface area contributed by atoms with E-state index in [1.807, 2.05) is 49.6 Å². The summed E-state index contributed by atoms with van der Waals surface area (Å²) in [6.07, 6.45) is 1.51. The summed E-state index contributed by atoms with van der Waals surface area (Å²) < 4.78 is 1.30. The molecule has 0 saturated carbocycles. The Morgan fingerprint density at radius 3 is 2.50 bits per heavy atom. The molecule has 0 radical (unpaired) electrons. The SMILES string of the molecule is Cc1ccc(-n2c(O)c(/C=N/Nc3nc(C)cs3)c3ccccc3c2=O)cc1. The smallest absolute Gasteiger partial charge is 0.265 e. The summed E-state index contributed by atoms with van der Waals surface area (Å²) in [5.74, 6) is -0.159. The van der Waals surface area contributed by atoms with Gasteiger partial charge in [0.15, 0.2) is 0 Å². The molecule has 0 unspecified atom stereocenters. The average Bonchev–Trinajstić information content (AvgIpc) is 3.11. The molecule has 2 heterocycles. The van der Waals surface area contributed by atoms with Crippen LogP contribution in [0.5, 0.6) is 5.88 Å². The van der Waals surface area contributed by atoms with Crippen molar-refractivity contribution in [2.24, 2.45) is 5.10 Å². The van der Waals surface area contributed by atoms with Gasteiger partial charge < -0.3 is 5.11 Å². The van der Waals surface area contributed by atoms with Gasteiger partial charge in [-0.25, -0.2) is 9.55 Å². The minimum Gasteiger partial charge on any atom is -0.494 e. The molecule has 0 aliphatic carbocycles. The Morgan fingerprint density at radius 2 is 1.82 bits per heavy atom. The number of anilines is 1. The van der Waals surface area contributed by atoms with Crippen LogP contribution in [0.15, 0.2) is 63.8 Å². The third-order valence-corrected chi connectivity index (χ3v) is 5.23. The van der Waals surface area contributed by atoms with E-state index in [1.54, 1.807) is 18.2 Å². The number of nitrogens with zero attached hydrogens (tertiary/aromatic N) is 3. The number of aryl methyl sites for hydroxylation is 2. The van der Waals surface area contributed by atoms with Gasteiger partial charge in [0.2, 0.25) is 11.0 Å². The van der Waals surface area contributed by atoms with Crippen molar-refractivity contribution >= 4 is 33.5 Å². The predicted molar refractivity (Wildman–Crippen MR) is 114 cm³/mol. The van der Waals surface area contributed by atoms with Crippen molar-refractivity contribution in [3.05, 3.63) is 81.1 Å². The topological polar surface area (TPSA) is 79.5 Å². The molecule has 2 aromatic carbocycles. The summed E-state index contributed by atoms with van der Waals surface area (Å²) in [4.78, 5) is 17.3. The van der Waals surface area contributed by atoms with Gasteiger partial charge in [-0.15, -0.1) is 11.3 Å². The highest BCUT2D eigenvalue weighted by Gasteiger charge is 2.16. The van der Waals surface area contributed by atoms with E-state index in [-0.39, 0.29) is 11.4 Å². The van der Waals surface area contributed by atoms with E-state index in [4.69, 9.17) is 0 Å². The fourth-order valence-electron chi connectivity index (χ4n) is 2.98. The highest BCUT2D eigenvalue weighted by molar-refractivity contribution is 7.13. The van der Waals surface area contributed by atoms with Crippen LogP contribution in [0.1, 0.15) is 16.8 Å². The van der Waals surface area contributed by atoms with Gasteiger partial charge in [0.05, 0.1) is 23.2 Å². The molecule has 4 rings (SSSR count). The number of nitrogens with one attached hydrogen (secondary N) is 1. The van der Waals surface area contributed by atoms with Crippen molar-refractivity contribution in [1.82, 2.24) is 9.55 Å². The van der Waals surface area contributed by atoms with Crippen LogP contribution in [0.25, 0.3) is 16.5 Å². The Balaban J connectivity index is 1.87. The molecule has 0 fully saturated rings. The van der Waals surface area contributed by atoms with E-state index in [0.717, 1.165) is 11.3 Å². The van der Waals surface area contributed by atoms with Gasteiger partial charge in [0.1, 0.15) is 0 Å². The summed E-state index contributed by atoms with van der Waals surface area (Å²) >= 11 is 1.44. The largest absolute Gasteiger partial charge is 0.494 e. The summed E-state index contributed by atoms with van der Waals surface area (Å²) in [6, 6.07) is 14.6. The van der Waals surface area contributed by atoms with Crippen LogP contribution in [0, 0.1) is 13.8 Å². The molecule has 6 nitrogen and oxygen atoms in total. The summed E-state index contributed by atoms with van der Waals surface area (Å²) in [5, 5.41) is 18.9. The first-order valence-corrected chi connectivity index (χ1v) is 9.57. The van der Waals surface area contributed by atoms with Crippen molar-refractivity contribution in [3.63, 3.8) is 0 Å². The fourth-order valence-corrected chi connectivity index (χ4v) is 3.62. The van der Waals surface area contributed by atoms with Gasteiger partial charge in [-0.2, -0.15) is 5.10 Å². The fraction of sp³-hybridized carbons (Fsp3) is 0.0952. The lowest BCUT2D eigenvalue weighted by molar-refractivity contribution is 0.436. The first-order chi connectivity index (χ1) is 13.5. The molecule has 0 amide bonds. The minimum atomic E-state index is -0.280. The zero-order valence-electron chi connectivity index (χ0n) is 15.4. The quantitative estimate of drug-likeness (QED) is 0.404. The third kappa shape index (κ3) is 3.27. The summed E-state index contributed by atoms with van der Waals surface area (Å²) in [7, 11) is 0. The maximum Gasteiger partial charge on any atom is 0.265 e. The number of hydrogen-bond donors (Lipinski definition) is 2. The van der Waals surface area contributed by atoms with Crippen LogP contribution >= 0.6 is 11.3 Å². The Labute approximate surface area is 165 Å². The van der Waals surface area contributed by atoms with E-state index in [0.29, 0.717) is 27.2 Å². The van der Waals surface area contributed by atoms with Crippen molar-refractivity contribution < 1.29 is 5.11 Å². The molecule has 2 aromatic heterocycles. The molecule has 0 aliphatic heterocycles. The number of pyridine rings is 1. The molecule has 4 aromatic rings. The van der Waals surface area contributed by atoms with E-state index in [1.165, 1.54) is 22.1 Å². The zero-order chi connectivity index (χ0) is 19.7. The van der Waals surface area contributed by atoms with E-state index < -0.39 is 0 Å². The van der Waals surface area contributed by atoms with Crippen LogP contribution in [0.4, 0.5) is 5.13 Å². The highest BCUT2D eigenvalue weighted by Crippen LogP contribution is 2.26. The third-order valence-electron chi connectivity index (χ3n) is 4.37. The molecule has 0 atom stereocenters.